The van der Waals surface area contributed by atoms with Crippen LogP contribution < -0.4 is 0 Å². The molecule has 0 spiro atoms. The summed E-state index contributed by atoms with van der Waals surface area (Å²) >= 11 is 0. The third-order valence-corrected chi connectivity index (χ3v) is 14.5. The van der Waals surface area contributed by atoms with Gasteiger partial charge in [0.25, 0.3) is 0 Å². The van der Waals surface area contributed by atoms with E-state index in [9.17, 15) is 19.2 Å². The molecule has 6 aliphatic rings. The molecule has 48 heavy (non-hydrogen) atoms. The maximum absolute atomic E-state index is 13.7. The zero-order valence-corrected chi connectivity index (χ0v) is 30.5. The summed E-state index contributed by atoms with van der Waals surface area (Å²) in [7, 11) is 0. The molecule has 0 aromatic heterocycles. The lowest BCUT2D eigenvalue weighted by molar-refractivity contribution is -0.217. The van der Waals surface area contributed by atoms with Crippen molar-refractivity contribution >= 4 is 23.9 Å². The minimum atomic E-state index is -1.08. The summed E-state index contributed by atoms with van der Waals surface area (Å²) in [6.07, 6.45) is 8.54. The lowest BCUT2D eigenvalue weighted by Crippen LogP contribution is -2.67. The zero-order valence-electron chi connectivity index (χ0n) is 30.5. The molecule has 8 nitrogen and oxygen atoms in total. The van der Waals surface area contributed by atoms with Crippen LogP contribution in [0.3, 0.4) is 0 Å². The Bertz CT molecular complexity index is 1460. The third kappa shape index (κ3) is 4.74. The molecule has 0 amide bonds. The second-order valence-electron chi connectivity index (χ2n) is 16.4. The standard InChI is InChI=1S/C40H54O8/c1-11-21(3)33(41)45-31-15-13-27-17-39(29(23(5)35(43)47-39)19-37(27,9)25(31)7)40-18-28-14-16-32(46-34(42)22(4)12-2)26(8)38(28,10)20-30(40)24(6)36(44)48-40/h11-12,25-28,31-32H,13-20H2,1-10H3/b21-11-,22-12-/t25-,26-,27+,28+,31-,32-,37+,38+,39-,40-/m0/s1. The van der Waals surface area contributed by atoms with Gasteiger partial charge >= 0.3 is 23.9 Å². The molecular weight excluding hydrogens is 608 g/mol. The molecule has 0 aromatic carbocycles. The Balaban J connectivity index is 1.37. The molecule has 4 aliphatic carbocycles. The van der Waals surface area contributed by atoms with Gasteiger partial charge in [0.05, 0.1) is 0 Å². The highest BCUT2D eigenvalue weighted by atomic mass is 16.6. The van der Waals surface area contributed by atoms with Crippen molar-refractivity contribution in [2.75, 3.05) is 0 Å². The van der Waals surface area contributed by atoms with Crippen molar-refractivity contribution in [2.45, 2.75) is 144 Å². The molecule has 0 radical (unpaired) electrons. The highest BCUT2D eigenvalue weighted by molar-refractivity contribution is 5.96. The molecular formula is C40H54O8. The van der Waals surface area contributed by atoms with Gasteiger partial charge in [-0.15, -0.1) is 0 Å². The lowest BCUT2D eigenvalue weighted by atomic mass is 9.44. The zero-order chi connectivity index (χ0) is 35.1. The summed E-state index contributed by atoms with van der Waals surface area (Å²) in [5.41, 5.74) is 1.64. The SMILES string of the molecule is C/C=C(/C)C(=O)O[C@H]1CC[C@@H]2C[C@]3([C@]45C[C@H]6CC[C@H](OC(=O)/C(C)=C\C)[C@H](C)[C@@]6(C)CC4=C(C)C(=O)O5)OC(=O)C(C)=C3C[C@]2(C)[C@H]1C. The van der Waals surface area contributed by atoms with Crippen molar-refractivity contribution in [2.24, 2.45) is 34.5 Å². The van der Waals surface area contributed by atoms with Gasteiger partial charge in [0.1, 0.15) is 12.2 Å². The highest BCUT2D eigenvalue weighted by Gasteiger charge is 2.74. The molecule has 0 unspecified atom stereocenters. The van der Waals surface area contributed by atoms with Crippen molar-refractivity contribution in [1.29, 1.82) is 0 Å². The van der Waals surface area contributed by atoms with Gasteiger partial charge in [-0.25, -0.2) is 19.2 Å². The molecule has 262 valence electrons. The van der Waals surface area contributed by atoms with Gasteiger partial charge in [0.2, 0.25) is 0 Å². The summed E-state index contributed by atoms with van der Waals surface area (Å²) in [5, 5.41) is 0. The Morgan fingerprint density at radius 3 is 1.38 bits per heavy atom. The first-order chi connectivity index (χ1) is 22.5. The Morgan fingerprint density at radius 1 is 0.688 bits per heavy atom. The van der Waals surface area contributed by atoms with E-state index in [1.165, 1.54) is 0 Å². The van der Waals surface area contributed by atoms with E-state index < -0.39 is 11.2 Å². The Kier molecular flexibility index (Phi) is 8.47. The average molecular weight is 663 g/mol. The van der Waals surface area contributed by atoms with E-state index in [0.29, 0.717) is 48.0 Å². The van der Waals surface area contributed by atoms with Gasteiger partial charge in [-0.3, -0.25) is 0 Å². The number of allylic oxidation sites excluding steroid dienone is 2. The number of carbonyl (C=O) groups excluding carboxylic acids is 4. The van der Waals surface area contributed by atoms with Gasteiger partial charge in [-0.1, -0.05) is 39.8 Å². The Hall–Kier alpha value is -3.16. The maximum Gasteiger partial charge on any atom is 0.334 e. The molecule has 4 saturated carbocycles. The van der Waals surface area contributed by atoms with Crippen molar-refractivity contribution in [1.82, 2.24) is 0 Å². The van der Waals surface area contributed by atoms with Crippen molar-refractivity contribution in [3.63, 3.8) is 0 Å². The highest BCUT2D eigenvalue weighted by Crippen LogP contribution is 2.70. The summed E-state index contributed by atoms with van der Waals surface area (Å²) in [4.78, 5) is 53.0. The van der Waals surface area contributed by atoms with Gasteiger partial charge in [-0.2, -0.15) is 0 Å². The Labute approximate surface area is 285 Å². The third-order valence-electron chi connectivity index (χ3n) is 14.5. The first kappa shape index (κ1) is 34.7. The second-order valence-corrected chi connectivity index (χ2v) is 16.4. The van der Waals surface area contributed by atoms with Crippen LogP contribution >= 0.6 is 0 Å². The van der Waals surface area contributed by atoms with Gasteiger partial charge in [-0.05, 0) is 139 Å². The summed E-state index contributed by atoms with van der Waals surface area (Å²) in [6.45, 7) is 19.8. The molecule has 2 heterocycles. The van der Waals surface area contributed by atoms with Crippen LogP contribution in [0.25, 0.3) is 0 Å². The molecule has 4 fully saturated rings. The molecule has 10 atom stereocenters. The number of ether oxygens (including phenoxy) is 4. The van der Waals surface area contributed by atoms with E-state index in [0.717, 1.165) is 36.8 Å². The molecule has 0 saturated heterocycles. The lowest BCUT2D eigenvalue weighted by Gasteiger charge is -2.63. The fourth-order valence-corrected chi connectivity index (χ4v) is 10.5. The monoisotopic (exact) mass is 662 g/mol. The number of hydrogen-bond acceptors (Lipinski definition) is 8. The van der Waals surface area contributed by atoms with Crippen molar-refractivity contribution in [3.05, 3.63) is 45.6 Å². The van der Waals surface area contributed by atoms with Crippen LogP contribution in [0.1, 0.15) is 121 Å². The first-order valence-electron chi connectivity index (χ1n) is 18.0. The normalized spacial score (nSPS) is 42.7. The van der Waals surface area contributed by atoms with Crippen molar-refractivity contribution < 1.29 is 38.1 Å². The van der Waals surface area contributed by atoms with Gasteiger partial charge < -0.3 is 18.9 Å². The number of hydrogen-bond donors (Lipinski definition) is 0. The van der Waals surface area contributed by atoms with Crippen LogP contribution in [0, 0.1) is 34.5 Å². The van der Waals surface area contributed by atoms with E-state index in [1.807, 2.05) is 27.7 Å². The van der Waals surface area contributed by atoms with Crippen molar-refractivity contribution in [3.8, 4) is 0 Å². The molecule has 8 heteroatoms. The van der Waals surface area contributed by atoms with Gasteiger partial charge in [0.15, 0.2) is 11.2 Å². The van der Waals surface area contributed by atoms with Gasteiger partial charge in [0, 0.05) is 22.3 Å². The first-order valence-corrected chi connectivity index (χ1v) is 18.0. The topological polar surface area (TPSA) is 105 Å². The van der Waals surface area contributed by atoms with E-state index in [2.05, 4.69) is 27.7 Å². The predicted octanol–water partition coefficient (Wildman–Crippen LogP) is 7.66. The van der Waals surface area contributed by atoms with E-state index in [4.69, 9.17) is 18.9 Å². The van der Waals surface area contributed by atoms with Crippen LogP contribution in [-0.4, -0.2) is 47.3 Å². The quantitative estimate of drug-likeness (QED) is 0.168. The average Bonchev–Trinajstić information content (AvgIpc) is 3.46. The summed E-state index contributed by atoms with van der Waals surface area (Å²) in [5.74, 6) is -0.785. The molecule has 2 aliphatic heterocycles. The van der Waals surface area contributed by atoms with Crippen LogP contribution in [0.4, 0.5) is 0 Å². The summed E-state index contributed by atoms with van der Waals surface area (Å²) in [6, 6.07) is 0. The Morgan fingerprint density at radius 2 is 1.04 bits per heavy atom. The van der Waals surface area contributed by atoms with E-state index in [-0.39, 0.29) is 70.6 Å². The molecule has 0 aromatic rings. The summed E-state index contributed by atoms with van der Waals surface area (Å²) < 4.78 is 25.4. The smallest absolute Gasteiger partial charge is 0.334 e. The minimum Gasteiger partial charge on any atom is -0.459 e. The van der Waals surface area contributed by atoms with Crippen LogP contribution in [0.2, 0.25) is 0 Å². The molecule has 6 rings (SSSR count). The number of carbonyl (C=O) groups is 4. The number of esters is 4. The number of fused-ring (bicyclic) bond motifs is 5. The molecule has 0 bridgehead atoms. The molecule has 0 N–H and O–H groups in total. The van der Waals surface area contributed by atoms with Crippen LogP contribution in [0.5, 0.6) is 0 Å². The fourth-order valence-electron chi connectivity index (χ4n) is 10.5. The van der Waals surface area contributed by atoms with E-state index in [1.54, 1.807) is 26.0 Å². The largest absolute Gasteiger partial charge is 0.459 e. The van der Waals surface area contributed by atoms with E-state index >= 15 is 0 Å². The maximum atomic E-state index is 13.7. The predicted molar refractivity (Wildman–Crippen MR) is 180 cm³/mol. The van der Waals surface area contributed by atoms with Crippen LogP contribution in [-0.2, 0) is 38.1 Å². The van der Waals surface area contributed by atoms with Crippen LogP contribution in [0.15, 0.2) is 45.6 Å². The second kappa shape index (κ2) is 11.7. The minimum absolute atomic E-state index is 0.0545. The fraction of sp³-hybridized carbons (Fsp3) is 0.700. The number of rotatable bonds is 5.